The summed E-state index contributed by atoms with van der Waals surface area (Å²) in [6, 6.07) is 6.54. The topological polar surface area (TPSA) is 26.0 Å². The predicted octanol–water partition coefficient (Wildman–Crippen LogP) is 3.65. The van der Waals surface area contributed by atoms with Crippen molar-refractivity contribution >= 4 is 49.7 Å². The molecular formula is C10H10INS. The number of anilines is 1. The minimum atomic E-state index is 0.941. The zero-order chi connectivity index (χ0) is 9.42. The van der Waals surface area contributed by atoms with Crippen molar-refractivity contribution in [2.24, 2.45) is 0 Å². The molecule has 0 fully saturated rings. The van der Waals surface area contributed by atoms with Crippen molar-refractivity contribution in [3.8, 4) is 0 Å². The molecule has 0 aliphatic rings. The molecule has 1 aromatic carbocycles. The Hall–Kier alpha value is -0.290. The average Bonchev–Trinajstić information content (AvgIpc) is 2.43. The van der Waals surface area contributed by atoms with E-state index >= 15 is 0 Å². The molecule has 0 radical (unpaired) electrons. The van der Waals surface area contributed by atoms with E-state index in [9.17, 15) is 0 Å². The van der Waals surface area contributed by atoms with Crippen LogP contribution in [-0.4, -0.2) is 0 Å². The number of benzene rings is 1. The lowest BCUT2D eigenvalue weighted by molar-refractivity contribution is 1.15. The fourth-order valence-corrected chi connectivity index (χ4v) is 3.18. The number of aryl methyl sites for hydroxylation is 1. The molecule has 0 saturated heterocycles. The minimum Gasteiger partial charge on any atom is -0.397 e. The lowest BCUT2D eigenvalue weighted by atomic mass is 10.1. The summed E-state index contributed by atoms with van der Waals surface area (Å²) in [5.74, 6) is 0. The number of hydrogen-bond donors (Lipinski definition) is 1. The Bertz CT molecular complexity index is 447. The van der Waals surface area contributed by atoms with Gasteiger partial charge in [-0.1, -0.05) is 13.0 Å². The summed E-state index contributed by atoms with van der Waals surface area (Å²) < 4.78 is 2.49. The molecule has 0 unspecified atom stereocenters. The number of fused-ring (bicyclic) bond motifs is 1. The Morgan fingerprint density at radius 3 is 2.92 bits per heavy atom. The molecule has 0 aliphatic heterocycles. The molecular weight excluding hydrogens is 293 g/mol. The van der Waals surface area contributed by atoms with Crippen LogP contribution in [0.5, 0.6) is 0 Å². The summed E-state index contributed by atoms with van der Waals surface area (Å²) in [6.45, 7) is 2.16. The van der Waals surface area contributed by atoms with Gasteiger partial charge in [-0.3, -0.25) is 0 Å². The van der Waals surface area contributed by atoms with Gasteiger partial charge in [0.15, 0.2) is 0 Å². The van der Waals surface area contributed by atoms with Gasteiger partial charge in [0, 0.05) is 10.1 Å². The fraction of sp³-hybridized carbons (Fsp3) is 0.200. The highest BCUT2D eigenvalue weighted by molar-refractivity contribution is 14.1. The van der Waals surface area contributed by atoms with Crippen molar-refractivity contribution in [1.29, 1.82) is 0 Å². The summed E-state index contributed by atoms with van der Waals surface area (Å²) in [6.07, 6.45) is 1.07. The van der Waals surface area contributed by atoms with Crippen molar-refractivity contribution in [1.82, 2.24) is 0 Å². The highest BCUT2D eigenvalue weighted by Crippen LogP contribution is 2.34. The first-order valence-electron chi connectivity index (χ1n) is 4.18. The second-order valence-corrected chi connectivity index (χ2v) is 5.84. The van der Waals surface area contributed by atoms with Crippen molar-refractivity contribution in [2.45, 2.75) is 13.3 Å². The third-order valence-corrected chi connectivity index (χ3v) is 4.37. The van der Waals surface area contributed by atoms with Crippen molar-refractivity contribution < 1.29 is 0 Å². The van der Waals surface area contributed by atoms with Gasteiger partial charge >= 0.3 is 0 Å². The molecule has 0 bridgehead atoms. The summed E-state index contributed by atoms with van der Waals surface area (Å²) in [5.41, 5.74) is 8.26. The molecule has 1 nitrogen and oxygen atoms in total. The summed E-state index contributed by atoms with van der Waals surface area (Å²) >= 11 is 4.05. The van der Waals surface area contributed by atoms with Gasteiger partial charge in [0.2, 0.25) is 0 Å². The Morgan fingerprint density at radius 1 is 1.46 bits per heavy atom. The maximum absolute atomic E-state index is 5.96. The van der Waals surface area contributed by atoms with Gasteiger partial charge in [-0.2, -0.15) is 0 Å². The van der Waals surface area contributed by atoms with Crippen LogP contribution in [0.3, 0.4) is 0 Å². The number of hydrogen-bond acceptors (Lipinski definition) is 2. The molecule has 0 saturated carbocycles. The SMILES string of the molecule is CCc1ccc2sc(I)c(N)c2c1. The summed E-state index contributed by atoms with van der Waals surface area (Å²) in [7, 11) is 0. The number of thiophene rings is 1. The summed E-state index contributed by atoms with van der Waals surface area (Å²) in [5, 5.41) is 1.22. The van der Waals surface area contributed by atoms with Crippen molar-refractivity contribution in [3.63, 3.8) is 0 Å². The molecule has 0 spiro atoms. The molecule has 3 heteroatoms. The molecule has 13 heavy (non-hydrogen) atoms. The molecule has 1 heterocycles. The largest absolute Gasteiger partial charge is 0.397 e. The van der Waals surface area contributed by atoms with Gasteiger partial charge in [0.05, 0.1) is 8.57 Å². The van der Waals surface area contributed by atoms with E-state index in [0.717, 1.165) is 12.1 Å². The molecule has 1 aromatic heterocycles. The van der Waals surface area contributed by atoms with Crippen LogP contribution in [0.4, 0.5) is 5.69 Å². The second kappa shape index (κ2) is 3.46. The minimum absolute atomic E-state index is 0.941. The predicted molar refractivity (Wildman–Crippen MR) is 68.3 cm³/mol. The first-order valence-corrected chi connectivity index (χ1v) is 6.08. The van der Waals surface area contributed by atoms with E-state index < -0.39 is 0 Å². The zero-order valence-corrected chi connectivity index (χ0v) is 10.3. The van der Waals surface area contributed by atoms with Crippen LogP contribution in [0, 0.1) is 2.88 Å². The van der Waals surface area contributed by atoms with Crippen LogP contribution >= 0.6 is 33.9 Å². The quantitative estimate of drug-likeness (QED) is 0.800. The highest BCUT2D eigenvalue weighted by atomic mass is 127. The fourth-order valence-electron chi connectivity index (χ4n) is 1.35. The van der Waals surface area contributed by atoms with Gasteiger partial charge in [0.25, 0.3) is 0 Å². The normalized spacial score (nSPS) is 10.9. The molecule has 68 valence electrons. The van der Waals surface area contributed by atoms with Crippen LogP contribution in [-0.2, 0) is 6.42 Å². The van der Waals surface area contributed by atoms with Gasteiger partial charge in [-0.15, -0.1) is 11.3 Å². The van der Waals surface area contributed by atoms with Crippen LogP contribution < -0.4 is 5.73 Å². The van der Waals surface area contributed by atoms with Crippen molar-refractivity contribution in [2.75, 3.05) is 5.73 Å². The van der Waals surface area contributed by atoms with E-state index in [1.807, 2.05) is 0 Å². The van der Waals surface area contributed by atoms with E-state index in [-0.39, 0.29) is 0 Å². The van der Waals surface area contributed by atoms with Gasteiger partial charge in [-0.25, -0.2) is 0 Å². The molecule has 2 aromatic rings. The zero-order valence-electron chi connectivity index (χ0n) is 7.30. The standard InChI is InChI=1S/C10H10INS/c1-2-6-3-4-8-7(5-6)9(12)10(11)13-8/h3-5H,2,12H2,1H3. The third-order valence-electron chi connectivity index (χ3n) is 2.15. The van der Waals surface area contributed by atoms with Crippen molar-refractivity contribution in [3.05, 3.63) is 26.6 Å². The number of rotatable bonds is 1. The van der Waals surface area contributed by atoms with Gasteiger partial charge in [-0.05, 0) is 46.7 Å². The first-order chi connectivity index (χ1) is 6.22. The van der Waals surface area contributed by atoms with Gasteiger partial charge < -0.3 is 5.73 Å². The molecule has 2 rings (SSSR count). The van der Waals surface area contributed by atoms with Crippen LogP contribution in [0.15, 0.2) is 18.2 Å². The number of nitrogens with two attached hydrogens (primary N) is 1. The van der Waals surface area contributed by atoms with E-state index in [0.29, 0.717) is 0 Å². The number of halogens is 1. The lowest BCUT2D eigenvalue weighted by Gasteiger charge is -1.96. The maximum Gasteiger partial charge on any atom is 0.0895 e. The Labute approximate surface area is 95.1 Å². The number of nitrogen functional groups attached to an aromatic ring is 1. The van der Waals surface area contributed by atoms with Gasteiger partial charge in [0.1, 0.15) is 0 Å². The lowest BCUT2D eigenvalue weighted by Crippen LogP contribution is -1.84. The third kappa shape index (κ3) is 1.55. The monoisotopic (exact) mass is 303 g/mol. The maximum atomic E-state index is 5.96. The smallest absolute Gasteiger partial charge is 0.0895 e. The Morgan fingerprint density at radius 2 is 2.23 bits per heavy atom. The molecule has 0 aliphatic carbocycles. The average molecular weight is 303 g/mol. The Kier molecular flexibility index (Phi) is 2.47. The highest BCUT2D eigenvalue weighted by Gasteiger charge is 2.06. The van der Waals surface area contributed by atoms with E-state index in [1.54, 1.807) is 11.3 Å². The van der Waals surface area contributed by atoms with E-state index in [4.69, 9.17) is 5.73 Å². The Balaban J connectivity index is 2.75. The van der Waals surface area contributed by atoms with Crippen LogP contribution in [0.25, 0.3) is 10.1 Å². The first kappa shape index (κ1) is 9.27. The van der Waals surface area contributed by atoms with Crippen LogP contribution in [0.2, 0.25) is 0 Å². The molecule has 0 amide bonds. The molecule has 2 N–H and O–H groups in total. The van der Waals surface area contributed by atoms with E-state index in [1.165, 1.54) is 18.5 Å². The molecule has 0 atom stereocenters. The summed E-state index contributed by atoms with van der Waals surface area (Å²) in [4.78, 5) is 0. The van der Waals surface area contributed by atoms with E-state index in [2.05, 4.69) is 47.7 Å². The second-order valence-electron chi connectivity index (χ2n) is 2.97. The van der Waals surface area contributed by atoms with Crippen LogP contribution in [0.1, 0.15) is 12.5 Å².